The zero-order valence-electron chi connectivity index (χ0n) is 27.7. The molecular formula is C38H54N2O5. The van der Waals surface area contributed by atoms with Crippen LogP contribution in [-0.2, 0) is 19.1 Å². The molecule has 0 saturated heterocycles. The molecule has 7 atom stereocenters. The standard InChI is InChI=1S/C38H54N2O5/c1-4-5-6-7-8-9-12-33(36(43)44)40-34(41)17-18-35(42)45-28-19-21-37(2)27(24-28)13-14-29-31-16-15-30(26-11-10-23-39-25-26)38(31,3)22-20-32(29)37/h10-11,13,15,23,25,28-29,31-33H,4-9,12,14,16-22,24H2,1-3H3,(H,40,41)(H,43,44). The van der Waals surface area contributed by atoms with Gasteiger partial charge in [0.2, 0.25) is 5.91 Å². The molecule has 0 bridgehead atoms. The maximum atomic E-state index is 12.8. The van der Waals surface area contributed by atoms with E-state index in [1.165, 1.54) is 42.4 Å². The van der Waals surface area contributed by atoms with Gasteiger partial charge < -0.3 is 15.2 Å². The van der Waals surface area contributed by atoms with Gasteiger partial charge in [-0.3, -0.25) is 14.6 Å². The van der Waals surface area contributed by atoms with Crippen molar-refractivity contribution in [3.05, 3.63) is 47.8 Å². The predicted molar refractivity (Wildman–Crippen MR) is 176 cm³/mol. The number of hydrogen-bond donors (Lipinski definition) is 2. The summed E-state index contributed by atoms with van der Waals surface area (Å²) in [5, 5.41) is 12.2. The number of pyridine rings is 1. The van der Waals surface area contributed by atoms with Gasteiger partial charge in [0, 0.05) is 25.2 Å². The number of fused-ring (bicyclic) bond motifs is 5. The lowest BCUT2D eigenvalue weighted by Crippen LogP contribution is -2.50. The first kappa shape index (κ1) is 33.4. The van der Waals surface area contributed by atoms with Gasteiger partial charge in [-0.2, -0.15) is 0 Å². The van der Waals surface area contributed by atoms with Gasteiger partial charge in [-0.1, -0.05) is 83.1 Å². The third-order valence-corrected chi connectivity index (χ3v) is 11.9. The highest BCUT2D eigenvalue weighted by Gasteiger charge is 2.57. The predicted octanol–water partition coefficient (Wildman–Crippen LogP) is 8.05. The Morgan fingerprint density at radius 1 is 1.00 bits per heavy atom. The average Bonchev–Trinajstić information content (AvgIpc) is 3.39. The van der Waals surface area contributed by atoms with Crippen molar-refractivity contribution in [2.45, 2.75) is 136 Å². The molecule has 0 aliphatic heterocycles. The summed E-state index contributed by atoms with van der Waals surface area (Å²) < 4.78 is 5.89. The average molecular weight is 619 g/mol. The number of ether oxygens (including phenoxy) is 1. The Labute approximate surface area is 269 Å². The van der Waals surface area contributed by atoms with Crippen molar-refractivity contribution in [3.8, 4) is 0 Å². The lowest BCUT2D eigenvalue weighted by Gasteiger charge is -2.57. The number of hydrogen-bond acceptors (Lipinski definition) is 5. The van der Waals surface area contributed by atoms with Crippen LogP contribution in [0.2, 0.25) is 0 Å². The van der Waals surface area contributed by atoms with Gasteiger partial charge in [0.05, 0.1) is 6.42 Å². The van der Waals surface area contributed by atoms with E-state index in [1.807, 2.05) is 18.5 Å². The topological polar surface area (TPSA) is 106 Å². The zero-order chi connectivity index (χ0) is 32.0. The van der Waals surface area contributed by atoms with Crippen LogP contribution in [-0.4, -0.2) is 40.1 Å². The minimum atomic E-state index is -1.02. The molecule has 7 unspecified atom stereocenters. The second kappa shape index (κ2) is 14.6. The van der Waals surface area contributed by atoms with E-state index in [2.05, 4.69) is 49.3 Å². The van der Waals surface area contributed by atoms with Crippen molar-refractivity contribution in [2.24, 2.45) is 28.6 Å². The molecular weight excluding hydrogens is 564 g/mol. The van der Waals surface area contributed by atoms with Crippen molar-refractivity contribution in [1.82, 2.24) is 10.3 Å². The van der Waals surface area contributed by atoms with Crippen LogP contribution in [0.15, 0.2) is 42.3 Å². The summed E-state index contributed by atoms with van der Waals surface area (Å²) in [4.78, 5) is 41.3. The van der Waals surface area contributed by atoms with Crippen molar-refractivity contribution in [2.75, 3.05) is 0 Å². The summed E-state index contributed by atoms with van der Waals surface area (Å²) in [6, 6.07) is 3.34. The number of nitrogens with zero attached hydrogens (tertiary/aromatic N) is 1. The smallest absolute Gasteiger partial charge is 0.326 e. The van der Waals surface area contributed by atoms with E-state index in [4.69, 9.17) is 4.74 Å². The van der Waals surface area contributed by atoms with Crippen LogP contribution >= 0.6 is 0 Å². The van der Waals surface area contributed by atoms with Gasteiger partial charge in [0.25, 0.3) is 0 Å². The van der Waals surface area contributed by atoms with E-state index in [0.29, 0.717) is 24.2 Å². The monoisotopic (exact) mass is 618 g/mol. The highest BCUT2D eigenvalue weighted by atomic mass is 16.5. The molecule has 5 rings (SSSR count). The van der Waals surface area contributed by atoms with Crippen molar-refractivity contribution < 1.29 is 24.2 Å². The van der Waals surface area contributed by atoms with E-state index in [0.717, 1.165) is 57.8 Å². The summed E-state index contributed by atoms with van der Waals surface area (Å²) in [5.41, 5.74) is 4.55. The van der Waals surface area contributed by atoms with Crippen molar-refractivity contribution in [3.63, 3.8) is 0 Å². The molecule has 2 fully saturated rings. The minimum Gasteiger partial charge on any atom is -0.480 e. The van der Waals surface area contributed by atoms with Crippen LogP contribution in [0, 0.1) is 28.6 Å². The number of carbonyl (C=O) groups is 3. The quantitative estimate of drug-likeness (QED) is 0.124. The van der Waals surface area contributed by atoms with Crippen LogP contribution < -0.4 is 5.32 Å². The molecule has 0 radical (unpaired) electrons. The normalized spacial score (nSPS) is 31.0. The Morgan fingerprint density at radius 3 is 2.53 bits per heavy atom. The molecule has 2 N–H and O–H groups in total. The minimum absolute atomic E-state index is 0.0285. The fourth-order valence-corrected chi connectivity index (χ4v) is 9.38. The van der Waals surface area contributed by atoms with Crippen LogP contribution in [0.5, 0.6) is 0 Å². The number of rotatable bonds is 14. The Hall–Kier alpha value is -2.96. The number of aliphatic carboxylic acids is 1. The molecule has 1 amide bonds. The van der Waals surface area contributed by atoms with Crippen LogP contribution in [0.4, 0.5) is 0 Å². The summed E-state index contributed by atoms with van der Waals surface area (Å²) in [6.07, 6.45) is 22.6. The molecule has 2 saturated carbocycles. The second-order valence-corrected chi connectivity index (χ2v) is 14.7. The van der Waals surface area contributed by atoms with Gasteiger partial charge in [0.15, 0.2) is 0 Å². The summed E-state index contributed by atoms with van der Waals surface area (Å²) in [5.74, 6) is 0.166. The summed E-state index contributed by atoms with van der Waals surface area (Å²) >= 11 is 0. The molecule has 1 aromatic heterocycles. The molecule has 45 heavy (non-hydrogen) atoms. The SMILES string of the molecule is CCCCCCCCC(NC(=O)CCC(=O)OC1CCC2(C)C(=CCC3C2CCC2(C)C(c4cccnc4)=CCC32)C1)C(=O)O. The van der Waals surface area contributed by atoms with E-state index >= 15 is 0 Å². The first-order valence-corrected chi connectivity index (χ1v) is 17.7. The van der Waals surface area contributed by atoms with Gasteiger partial charge in [0.1, 0.15) is 12.1 Å². The molecule has 4 aliphatic rings. The highest BCUT2D eigenvalue weighted by Crippen LogP contribution is 2.66. The van der Waals surface area contributed by atoms with Gasteiger partial charge in [-0.15, -0.1) is 0 Å². The number of unbranched alkanes of at least 4 members (excludes halogenated alkanes) is 5. The van der Waals surface area contributed by atoms with Gasteiger partial charge in [-0.25, -0.2) is 4.79 Å². The van der Waals surface area contributed by atoms with E-state index in [1.54, 1.807) is 0 Å². The van der Waals surface area contributed by atoms with E-state index in [-0.39, 0.29) is 35.7 Å². The number of nitrogens with one attached hydrogen (secondary N) is 1. The number of carboxylic acid groups (broad SMARTS) is 1. The first-order valence-electron chi connectivity index (χ1n) is 17.7. The van der Waals surface area contributed by atoms with Crippen LogP contribution in [0.1, 0.15) is 129 Å². The highest BCUT2D eigenvalue weighted by molar-refractivity contribution is 5.85. The van der Waals surface area contributed by atoms with E-state index < -0.39 is 17.9 Å². The third kappa shape index (κ3) is 7.38. The largest absolute Gasteiger partial charge is 0.480 e. The molecule has 0 aromatic carbocycles. The Bertz CT molecular complexity index is 1270. The molecule has 7 heteroatoms. The fraction of sp³-hybridized carbons (Fsp3) is 0.684. The lowest BCUT2D eigenvalue weighted by molar-refractivity contribution is -0.152. The third-order valence-electron chi connectivity index (χ3n) is 11.9. The summed E-state index contributed by atoms with van der Waals surface area (Å²) in [7, 11) is 0. The van der Waals surface area contributed by atoms with Gasteiger partial charge in [-0.05, 0) is 90.7 Å². The van der Waals surface area contributed by atoms with E-state index in [9.17, 15) is 19.5 Å². The maximum Gasteiger partial charge on any atom is 0.326 e. The number of amides is 1. The Balaban J connectivity index is 1.09. The lowest BCUT2D eigenvalue weighted by atomic mass is 9.47. The van der Waals surface area contributed by atoms with Crippen LogP contribution in [0.25, 0.3) is 5.57 Å². The number of esters is 1. The number of aromatic nitrogens is 1. The molecule has 1 heterocycles. The molecule has 246 valence electrons. The molecule has 0 spiro atoms. The molecule has 4 aliphatic carbocycles. The maximum absolute atomic E-state index is 12.8. The number of allylic oxidation sites excluding steroid dienone is 3. The Kier molecular flexibility index (Phi) is 10.9. The fourth-order valence-electron chi connectivity index (χ4n) is 9.38. The molecule has 7 nitrogen and oxygen atoms in total. The molecule has 1 aromatic rings. The Morgan fingerprint density at radius 2 is 1.78 bits per heavy atom. The zero-order valence-corrected chi connectivity index (χ0v) is 27.7. The van der Waals surface area contributed by atoms with Crippen molar-refractivity contribution >= 4 is 23.4 Å². The first-order chi connectivity index (χ1) is 21.7. The number of carbonyl (C=O) groups excluding carboxylic acids is 2. The van der Waals surface area contributed by atoms with Gasteiger partial charge >= 0.3 is 11.9 Å². The number of carboxylic acids is 1. The summed E-state index contributed by atoms with van der Waals surface area (Å²) in [6.45, 7) is 7.10. The second-order valence-electron chi connectivity index (χ2n) is 14.7. The van der Waals surface area contributed by atoms with Crippen molar-refractivity contribution in [1.29, 1.82) is 0 Å². The van der Waals surface area contributed by atoms with Crippen LogP contribution in [0.3, 0.4) is 0 Å².